The lowest BCUT2D eigenvalue weighted by atomic mass is 10.0. The van der Waals surface area contributed by atoms with E-state index in [9.17, 15) is 0 Å². The minimum atomic E-state index is 0.0220. The zero-order valence-electron chi connectivity index (χ0n) is 5.57. The van der Waals surface area contributed by atoms with Crippen LogP contribution < -0.4 is 11.1 Å². The first-order chi connectivity index (χ1) is 3.58. The highest BCUT2D eigenvalue weighted by atomic mass is 15.1. The van der Waals surface area contributed by atoms with E-state index < -0.39 is 0 Å². The zero-order chi connectivity index (χ0) is 6.20. The van der Waals surface area contributed by atoms with E-state index >= 15 is 0 Å². The first-order valence-corrected chi connectivity index (χ1v) is 3.10. The van der Waals surface area contributed by atoms with Crippen LogP contribution in [0, 0.1) is 0 Å². The van der Waals surface area contributed by atoms with Crippen molar-refractivity contribution in [3.63, 3.8) is 0 Å². The number of hydrogen-bond acceptors (Lipinski definition) is 2. The van der Waals surface area contributed by atoms with Crippen LogP contribution in [0.3, 0.4) is 0 Å². The second-order valence-corrected chi connectivity index (χ2v) is 3.30. The Kier molecular flexibility index (Phi) is 1.29. The van der Waals surface area contributed by atoms with Crippen LogP contribution in [0.1, 0.15) is 20.3 Å². The molecule has 0 bridgehead atoms. The van der Waals surface area contributed by atoms with Gasteiger partial charge in [-0.1, -0.05) is 0 Å². The summed E-state index contributed by atoms with van der Waals surface area (Å²) in [4.78, 5) is 0. The van der Waals surface area contributed by atoms with Crippen molar-refractivity contribution in [3.05, 3.63) is 0 Å². The van der Waals surface area contributed by atoms with Crippen molar-refractivity contribution in [1.82, 2.24) is 5.32 Å². The number of hydrogen-bond donors (Lipinski definition) is 2. The molecule has 1 heterocycles. The molecule has 1 saturated heterocycles. The van der Waals surface area contributed by atoms with Crippen molar-refractivity contribution in [2.45, 2.75) is 31.8 Å². The predicted octanol–water partition coefficient (Wildman–Crippen LogP) is 0.0856. The Morgan fingerprint density at radius 2 is 2.25 bits per heavy atom. The Labute approximate surface area is 50.4 Å². The Morgan fingerprint density at radius 1 is 1.75 bits per heavy atom. The van der Waals surface area contributed by atoms with E-state index in [-0.39, 0.29) is 5.54 Å². The summed E-state index contributed by atoms with van der Waals surface area (Å²) in [7, 11) is 0. The summed E-state index contributed by atoms with van der Waals surface area (Å²) >= 11 is 0. The molecule has 1 rings (SSSR count). The fourth-order valence-corrected chi connectivity index (χ4v) is 0.863. The lowest BCUT2D eigenvalue weighted by Gasteiger charge is -2.16. The first-order valence-electron chi connectivity index (χ1n) is 3.10. The molecule has 0 aromatic rings. The van der Waals surface area contributed by atoms with Gasteiger partial charge in [0.1, 0.15) is 0 Å². The van der Waals surface area contributed by atoms with Gasteiger partial charge >= 0.3 is 0 Å². The Bertz CT molecular complexity index is 79.0. The van der Waals surface area contributed by atoms with Gasteiger partial charge in [-0.25, -0.2) is 0 Å². The molecule has 2 heteroatoms. The van der Waals surface area contributed by atoms with Crippen LogP contribution in [0.5, 0.6) is 0 Å². The molecule has 1 atom stereocenters. The number of nitrogens with one attached hydrogen (secondary N) is 1. The lowest BCUT2D eigenvalue weighted by molar-refractivity contribution is 0.473. The minimum absolute atomic E-state index is 0.0220. The monoisotopic (exact) mass is 114 g/mol. The molecule has 0 amide bonds. The van der Waals surface area contributed by atoms with Crippen LogP contribution in [-0.4, -0.2) is 18.1 Å². The summed E-state index contributed by atoms with van der Waals surface area (Å²) in [6, 6.07) is 0.718. The van der Waals surface area contributed by atoms with Crippen molar-refractivity contribution in [3.8, 4) is 0 Å². The van der Waals surface area contributed by atoms with Crippen LogP contribution in [0.25, 0.3) is 0 Å². The van der Waals surface area contributed by atoms with Gasteiger partial charge in [-0.3, -0.25) is 0 Å². The van der Waals surface area contributed by atoms with Gasteiger partial charge in [-0.05, 0) is 20.3 Å². The van der Waals surface area contributed by atoms with Crippen LogP contribution >= 0.6 is 0 Å². The topological polar surface area (TPSA) is 48.0 Å². The van der Waals surface area contributed by atoms with E-state index in [4.69, 9.17) is 5.73 Å². The molecule has 1 aliphatic heterocycles. The molecule has 0 aromatic heterocycles. The van der Waals surface area contributed by atoms with Crippen LogP contribution in [0.2, 0.25) is 0 Å². The fourth-order valence-electron chi connectivity index (χ4n) is 0.863. The molecule has 48 valence electrons. The van der Waals surface area contributed by atoms with Crippen molar-refractivity contribution in [1.29, 1.82) is 0 Å². The standard InChI is InChI=1S/C6H14N2/c1-6(2,7)3-5-4-8-5/h5,8H,3-4,7H2,1-2H3. The van der Waals surface area contributed by atoms with Gasteiger partial charge in [0, 0.05) is 18.1 Å². The van der Waals surface area contributed by atoms with E-state index in [2.05, 4.69) is 19.2 Å². The molecule has 1 aliphatic rings. The fraction of sp³-hybridized carbons (Fsp3) is 1.00. The van der Waals surface area contributed by atoms with Crippen molar-refractivity contribution in [2.24, 2.45) is 5.73 Å². The van der Waals surface area contributed by atoms with Crippen molar-refractivity contribution in [2.75, 3.05) is 6.54 Å². The van der Waals surface area contributed by atoms with Gasteiger partial charge in [0.05, 0.1) is 0 Å². The van der Waals surface area contributed by atoms with Gasteiger partial charge in [0.15, 0.2) is 0 Å². The highest BCUT2D eigenvalue weighted by Crippen LogP contribution is 2.12. The molecule has 0 spiro atoms. The van der Waals surface area contributed by atoms with Crippen LogP contribution in [0.15, 0.2) is 0 Å². The molecule has 0 aromatic carbocycles. The normalized spacial score (nSPS) is 28.1. The van der Waals surface area contributed by atoms with E-state index in [0.29, 0.717) is 0 Å². The molecular weight excluding hydrogens is 100 g/mol. The molecule has 8 heavy (non-hydrogen) atoms. The highest BCUT2D eigenvalue weighted by molar-refractivity contribution is 4.90. The molecule has 0 radical (unpaired) electrons. The number of rotatable bonds is 2. The van der Waals surface area contributed by atoms with Crippen molar-refractivity contribution < 1.29 is 0 Å². The average molecular weight is 114 g/mol. The maximum atomic E-state index is 5.74. The quantitative estimate of drug-likeness (QED) is 0.500. The third kappa shape index (κ3) is 2.28. The Balaban J connectivity index is 2.16. The molecule has 1 fully saturated rings. The molecule has 3 N–H and O–H groups in total. The number of nitrogens with two attached hydrogens (primary N) is 1. The SMILES string of the molecule is CC(C)(N)CC1CN1. The summed E-state index contributed by atoms with van der Waals surface area (Å²) in [6.45, 7) is 5.29. The lowest BCUT2D eigenvalue weighted by Crippen LogP contribution is -2.33. The third-order valence-electron chi connectivity index (χ3n) is 1.27. The molecule has 2 nitrogen and oxygen atoms in total. The predicted molar refractivity (Wildman–Crippen MR) is 34.7 cm³/mol. The molecule has 0 aliphatic carbocycles. The highest BCUT2D eigenvalue weighted by Gasteiger charge is 2.26. The van der Waals surface area contributed by atoms with E-state index in [1.807, 2.05) is 0 Å². The average Bonchev–Trinajstić information content (AvgIpc) is 2.12. The largest absolute Gasteiger partial charge is 0.326 e. The van der Waals surface area contributed by atoms with E-state index in [1.165, 1.54) is 6.54 Å². The second-order valence-electron chi connectivity index (χ2n) is 3.30. The molecule has 1 unspecified atom stereocenters. The molecule has 0 saturated carbocycles. The maximum Gasteiger partial charge on any atom is 0.0210 e. The summed E-state index contributed by atoms with van der Waals surface area (Å²) < 4.78 is 0. The molecular formula is C6H14N2. The summed E-state index contributed by atoms with van der Waals surface area (Å²) in [5, 5.41) is 3.21. The van der Waals surface area contributed by atoms with Gasteiger partial charge in [-0.2, -0.15) is 0 Å². The third-order valence-corrected chi connectivity index (χ3v) is 1.27. The smallest absolute Gasteiger partial charge is 0.0210 e. The van der Waals surface area contributed by atoms with Crippen LogP contribution in [-0.2, 0) is 0 Å². The van der Waals surface area contributed by atoms with Gasteiger partial charge in [0.25, 0.3) is 0 Å². The zero-order valence-corrected chi connectivity index (χ0v) is 5.57. The van der Waals surface area contributed by atoms with Gasteiger partial charge < -0.3 is 11.1 Å². The first kappa shape index (κ1) is 6.05. The Morgan fingerprint density at radius 3 is 2.38 bits per heavy atom. The van der Waals surface area contributed by atoms with Gasteiger partial charge in [-0.15, -0.1) is 0 Å². The Hall–Kier alpha value is -0.0800. The summed E-state index contributed by atoms with van der Waals surface area (Å²) in [6.07, 6.45) is 1.10. The van der Waals surface area contributed by atoms with Crippen LogP contribution in [0.4, 0.5) is 0 Å². The second kappa shape index (κ2) is 1.71. The van der Waals surface area contributed by atoms with E-state index in [0.717, 1.165) is 12.5 Å². The summed E-state index contributed by atoms with van der Waals surface area (Å²) in [5.74, 6) is 0. The van der Waals surface area contributed by atoms with Gasteiger partial charge in [0.2, 0.25) is 0 Å². The summed E-state index contributed by atoms with van der Waals surface area (Å²) in [5.41, 5.74) is 5.76. The van der Waals surface area contributed by atoms with E-state index in [1.54, 1.807) is 0 Å². The van der Waals surface area contributed by atoms with Crippen molar-refractivity contribution >= 4 is 0 Å². The minimum Gasteiger partial charge on any atom is -0.326 e. The maximum absolute atomic E-state index is 5.74.